The highest BCUT2D eigenvalue weighted by molar-refractivity contribution is 14.2. The zero-order chi connectivity index (χ0) is 20.4. The lowest BCUT2D eigenvalue weighted by Crippen LogP contribution is -2.39. The van der Waals surface area contributed by atoms with Crippen LogP contribution in [0.15, 0.2) is 56.3 Å². The summed E-state index contributed by atoms with van der Waals surface area (Å²) < 4.78 is 33.2. The van der Waals surface area contributed by atoms with Gasteiger partial charge in [-0.2, -0.15) is 4.31 Å². The molecule has 3 aliphatic rings. The van der Waals surface area contributed by atoms with Crippen molar-refractivity contribution in [1.82, 2.24) is 14.5 Å². The number of piperidine rings is 1. The van der Waals surface area contributed by atoms with E-state index in [0.29, 0.717) is 38.0 Å². The second kappa shape index (κ2) is 8.46. The van der Waals surface area contributed by atoms with Gasteiger partial charge in [0.05, 0.1) is 20.7 Å². The summed E-state index contributed by atoms with van der Waals surface area (Å²) in [7, 11) is -3.56. The first-order valence-electron chi connectivity index (χ1n) is 9.21. The predicted octanol–water partition coefficient (Wildman–Crippen LogP) is 1.26. The van der Waals surface area contributed by atoms with Crippen molar-refractivity contribution in [3.8, 4) is 0 Å². The van der Waals surface area contributed by atoms with Gasteiger partial charge in [0, 0.05) is 46.8 Å². The summed E-state index contributed by atoms with van der Waals surface area (Å²) in [6, 6.07) is 6.54. The molecule has 154 valence electrons. The summed E-state index contributed by atoms with van der Waals surface area (Å²) in [5.74, 6) is 0.678. The molecule has 1 aromatic rings. The fraction of sp³-hybridized carbons (Fsp3) is 0.316. The number of hydrogen-bond donors (Lipinski definition) is 2. The van der Waals surface area contributed by atoms with Gasteiger partial charge >= 0.3 is 0 Å². The minimum atomic E-state index is -3.56. The standard InChI is InChI=1S/C19H21IN4O4S/c25-16-7-9-24(10-8-16)29(27,28)17-4-1-14(2-5-17)11-21-19(26)15-3-6-18-22-20-13-23(18)12-15/h1-6,12-13,16,25H,7-11H2,(H,21,26). The van der Waals surface area contributed by atoms with Crippen LogP contribution < -0.4 is 5.32 Å². The second-order valence-electron chi connectivity index (χ2n) is 6.92. The minimum Gasteiger partial charge on any atom is -0.393 e. The Balaban J connectivity index is 1.36. The van der Waals surface area contributed by atoms with Crippen molar-refractivity contribution in [1.29, 1.82) is 0 Å². The summed E-state index contributed by atoms with van der Waals surface area (Å²) in [5.41, 5.74) is 1.37. The maximum Gasteiger partial charge on any atom is 0.253 e. The van der Waals surface area contributed by atoms with E-state index < -0.39 is 16.1 Å². The third-order valence-corrected chi connectivity index (χ3v) is 8.47. The highest BCUT2D eigenvalue weighted by atomic mass is 127. The molecule has 0 unspecified atom stereocenters. The molecule has 0 spiro atoms. The molecule has 29 heavy (non-hydrogen) atoms. The Kier molecular flexibility index (Phi) is 5.95. The molecule has 2 N–H and O–H groups in total. The van der Waals surface area contributed by atoms with Gasteiger partial charge in [-0.15, -0.1) is 0 Å². The number of benzene rings is 1. The van der Waals surface area contributed by atoms with Gasteiger partial charge in [0.25, 0.3) is 5.91 Å². The van der Waals surface area contributed by atoms with Crippen LogP contribution in [0.1, 0.15) is 18.4 Å². The number of nitrogens with one attached hydrogen (secondary N) is 1. The first-order chi connectivity index (χ1) is 13.9. The molecule has 1 amide bonds. The van der Waals surface area contributed by atoms with Crippen LogP contribution >= 0.6 is 21.0 Å². The SMILES string of the molecule is O=C(NCc1ccc(S(=O)(=O)N2CCC(O)CC2)cc1)C1=CN2C=IN=C2C=C1. The summed E-state index contributed by atoms with van der Waals surface area (Å²) in [6.07, 6.45) is 5.84. The van der Waals surface area contributed by atoms with E-state index in [1.807, 2.05) is 15.1 Å². The maximum atomic E-state index is 12.7. The van der Waals surface area contributed by atoms with Gasteiger partial charge in [0.2, 0.25) is 10.0 Å². The predicted molar refractivity (Wildman–Crippen MR) is 119 cm³/mol. The van der Waals surface area contributed by atoms with Gasteiger partial charge in [-0.1, -0.05) is 12.1 Å². The average Bonchev–Trinajstić information content (AvgIpc) is 3.20. The molecule has 0 radical (unpaired) electrons. The molecule has 8 nitrogen and oxygen atoms in total. The van der Waals surface area contributed by atoms with Crippen LogP contribution in [0.25, 0.3) is 0 Å². The van der Waals surface area contributed by atoms with Crippen LogP contribution in [0.5, 0.6) is 0 Å². The number of nitrogens with zero attached hydrogens (tertiary/aromatic N) is 3. The Morgan fingerprint density at radius 2 is 1.93 bits per heavy atom. The Bertz CT molecular complexity index is 1020. The van der Waals surface area contributed by atoms with Crippen molar-refractivity contribution in [2.24, 2.45) is 3.21 Å². The Hall–Kier alpha value is -1.89. The average molecular weight is 528 g/mol. The van der Waals surface area contributed by atoms with Gasteiger partial charge in [0.1, 0.15) is 5.84 Å². The monoisotopic (exact) mass is 528 g/mol. The first kappa shape index (κ1) is 20.4. The van der Waals surface area contributed by atoms with E-state index in [4.69, 9.17) is 0 Å². The third-order valence-electron chi connectivity index (χ3n) is 4.94. The lowest BCUT2D eigenvalue weighted by atomic mass is 10.1. The second-order valence-corrected chi connectivity index (χ2v) is 10.5. The van der Waals surface area contributed by atoms with E-state index in [9.17, 15) is 18.3 Å². The van der Waals surface area contributed by atoms with E-state index in [2.05, 4.69) is 8.52 Å². The molecule has 0 bridgehead atoms. The minimum absolute atomic E-state index is 0.192. The van der Waals surface area contributed by atoms with Gasteiger partial charge in [0.15, 0.2) is 0 Å². The van der Waals surface area contributed by atoms with E-state index in [0.717, 1.165) is 11.4 Å². The van der Waals surface area contributed by atoms with Crippen LogP contribution in [0, 0.1) is 0 Å². The quantitative estimate of drug-likeness (QED) is 0.561. The number of amides is 1. The molecule has 0 aromatic heterocycles. The molecular weight excluding hydrogens is 507 g/mol. The normalized spacial score (nSPS) is 20.0. The van der Waals surface area contributed by atoms with Gasteiger partial charge < -0.3 is 15.3 Å². The topological polar surface area (TPSA) is 102 Å². The van der Waals surface area contributed by atoms with Crippen molar-refractivity contribution in [3.05, 3.63) is 53.8 Å². The lowest BCUT2D eigenvalue weighted by molar-refractivity contribution is -0.117. The van der Waals surface area contributed by atoms with Gasteiger partial charge in [-0.25, -0.2) is 11.6 Å². The summed E-state index contributed by atoms with van der Waals surface area (Å²) in [4.78, 5) is 14.5. The summed E-state index contributed by atoms with van der Waals surface area (Å²) in [5, 5.41) is 12.4. The number of fused-ring (bicyclic) bond motifs is 1. The lowest BCUT2D eigenvalue weighted by Gasteiger charge is -2.28. The molecule has 0 saturated carbocycles. The summed E-state index contributed by atoms with van der Waals surface area (Å²) in [6.45, 7) is 0.956. The van der Waals surface area contributed by atoms with Gasteiger partial charge in [-0.05, 0) is 42.7 Å². The number of rotatable bonds is 5. The maximum absolute atomic E-state index is 12.7. The number of amidine groups is 1. The number of hydrogen-bond acceptors (Lipinski definition) is 6. The van der Waals surface area contributed by atoms with E-state index in [1.165, 1.54) is 4.31 Å². The van der Waals surface area contributed by atoms with Crippen LogP contribution in [0.3, 0.4) is 0 Å². The Morgan fingerprint density at radius 1 is 1.21 bits per heavy atom. The van der Waals surface area contributed by atoms with E-state index >= 15 is 0 Å². The molecule has 10 heteroatoms. The van der Waals surface area contributed by atoms with Gasteiger partial charge in [-0.3, -0.25) is 4.79 Å². The zero-order valence-electron chi connectivity index (χ0n) is 15.5. The molecule has 0 aliphatic carbocycles. The highest BCUT2D eigenvalue weighted by Gasteiger charge is 2.28. The molecule has 0 atom stereocenters. The van der Waals surface area contributed by atoms with Crippen molar-refractivity contribution >= 4 is 46.9 Å². The molecule has 1 aromatic carbocycles. The number of sulfonamides is 1. The van der Waals surface area contributed by atoms with Crippen LogP contribution in [-0.2, 0) is 21.4 Å². The number of aliphatic hydroxyl groups is 1. The van der Waals surface area contributed by atoms with Crippen molar-refractivity contribution in [3.63, 3.8) is 0 Å². The number of halogens is 1. The fourth-order valence-corrected chi connectivity index (χ4v) is 6.21. The smallest absolute Gasteiger partial charge is 0.253 e. The molecule has 1 saturated heterocycles. The Labute approximate surface area is 179 Å². The number of carbonyl (C=O) groups excluding carboxylic acids is 1. The molecule has 1 fully saturated rings. The fourth-order valence-electron chi connectivity index (χ4n) is 3.21. The van der Waals surface area contributed by atoms with Crippen LogP contribution in [-0.4, -0.2) is 57.8 Å². The Morgan fingerprint density at radius 3 is 2.66 bits per heavy atom. The first-order valence-corrected chi connectivity index (χ1v) is 12.9. The zero-order valence-corrected chi connectivity index (χ0v) is 18.5. The molecule has 3 aliphatic heterocycles. The van der Waals surface area contributed by atoms with Crippen molar-refractivity contribution in [2.75, 3.05) is 13.1 Å². The third kappa shape index (κ3) is 4.49. The van der Waals surface area contributed by atoms with Crippen molar-refractivity contribution < 1.29 is 18.3 Å². The largest absolute Gasteiger partial charge is 0.393 e. The number of aliphatic hydroxyl groups excluding tert-OH is 1. The molecule has 3 heterocycles. The molecular formula is C19H21IN4O4S. The summed E-state index contributed by atoms with van der Waals surface area (Å²) >= 11 is -0.320. The van der Waals surface area contributed by atoms with Crippen LogP contribution in [0.4, 0.5) is 0 Å². The highest BCUT2D eigenvalue weighted by Crippen LogP contribution is 2.21. The van der Waals surface area contributed by atoms with Crippen molar-refractivity contribution in [2.45, 2.75) is 30.4 Å². The van der Waals surface area contributed by atoms with E-state index in [-0.39, 0.29) is 31.8 Å². The molecule has 4 rings (SSSR count). The number of carbonyl (C=O) groups is 1. The van der Waals surface area contributed by atoms with Crippen LogP contribution in [0.2, 0.25) is 0 Å². The van der Waals surface area contributed by atoms with E-state index in [1.54, 1.807) is 36.5 Å².